The number of ether oxygens (including phenoxy) is 1. The Bertz CT molecular complexity index is 907. The van der Waals surface area contributed by atoms with Gasteiger partial charge in [-0.25, -0.2) is 4.79 Å². The van der Waals surface area contributed by atoms with Gasteiger partial charge in [-0.3, -0.25) is 9.59 Å². The fourth-order valence-electron chi connectivity index (χ4n) is 7.31. The summed E-state index contributed by atoms with van der Waals surface area (Å²) in [5, 5.41) is 3.16. The van der Waals surface area contributed by atoms with Gasteiger partial charge in [0.15, 0.2) is 6.61 Å². The quantitative estimate of drug-likeness (QED) is 0.440. The zero-order chi connectivity index (χ0) is 23.7. The number of hydrogen-bond donors (Lipinski definition) is 1. The van der Waals surface area contributed by atoms with E-state index in [1.807, 2.05) is 17.0 Å². The summed E-state index contributed by atoms with van der Waals surface area (Å²) in [4.78, 5) is 40.4. The highest BCUT2D eigenvalue weighted by atomic mass is 32.2. The molecule has 6 nitrogen and oxygen atoms in total. The van der Waals surface area contributed by atoms with Gasteiger partial charge in [-0.15, -0.1) is 11.8 Å². The summed E-state index contributed by atoms with van der Waals surface area (Å²) in [5.41, 5.74) is 0.628. The van der Waals surface area contributed by atoms with Crippen molar-refractivity contribution in [1.29, 1.82) is 0 Å². The lowest BCUT2D eigenvalue weighted by Gasteiger charge is -2.59. The summed E-state index contributed by atoms with van der Waals surface area (Å²) in [7, 11) is 0. The molecule has 1 aliphatic heterocycles. The molecular weight excluding hydrogens is 448 g/mol. The highest BCUT2D eigenvalue weighted by Crippen LogP contribution is 2.61. The first-order valence-electron chi connectivity index (χ1n) is 12.9. The molecule has 1 unspecified atom stereocenters. The van der Waals surface area contributed by atoms with E-state index in [4.69, 9.17) is 4.74 Å². The van der Waals surface area contributed by atoms with Gasteiger partial charge < -0.3 is 15.0 Å². The zero-order valence-electron chi connectivity index (χ0n) is 20.1. The number of carbonyl (C=O) groups excluding carboxylic acids is 3. The molecule has 1 heterocycles. The molecule has 0 spiro atoms. The molecule has 6 rings (SSSR count). The van der Waals surface area contributed by atoms with E-state index in [0.717, 1.165) is 43.7 Å². The predicted molar refractivity (Wildman–Crippen MR) is 131 cm³/mol. The van der Waals surface area contributed by atoms with E-state index < -0.39 is 5.97 Å². The Labute approximate surface area is 206 Å². The summed E-state index contributed by atoms with van der Waals surface area (Å²) in [5.74, 6) is 2.14. The van der Waals surface area contributed by atoms with Crippen LogP contribution in [-0.2, 0) is 14.3 Å². The van der Waals surface area contributed by atoms with Crippen molar-refractivity contribution in [3.63, 3.8) is 0 Å². The van der Waals surface area contributed by atoms with Gasteiger partial charge in [0.25, 0.3) is 5.91 Å². The second kappa shape index (κ2) is 9.92. The molecule has 4 aliphatic carbocycles. The first-order valence-corrected chi connectivity index (χ1v) is 13.9. The minimum absolute atomic E-state index is 0.101. The third-order valence-corrected chi connectivity index (χ3v) is 9.69. The highest BCUT2D eigenvalue weighted by Gasteiger charge is 2.53. The standard InChI is InChI=1S/C27H36N2O4S/c1-18(27-13-19-10-20(14-27)12-21(11-19)15-27)28-24(30)16-33-26(32)22-6-2-3-7-23(22)34-17-25(31)29-8-4-5-9-29/h2-3,6-7,18-21H,4-5,8-17H2,1H3,(H,28,30). The summed E-state index contributed by atoms with van der Waals surface area (Å²) in [6.45, 7) is 3.50. The molecule has 4 bridgehead atoms. The molecule has 1 N–H and O–H groups in total. The number of rotatable bonds is 8. The van der Waals surface area contributed by atoms with Crippen LogP contribution in [0.3, 0.4) is 0 Å². The topological polar surface area (TPSA) is 75.7 Å². The number of amides is 2. The lowest BCUT2D eigenvalue weighted by atomic mass is 9.48. The van der Waals surface area contributed by atoms with Gasteiger partial charge in [0.05, 0.1) is 11.3 Å². The van der Waals surface area contributed by atoms with E-state index in [0.29, 0.717) is 16.2 Å². The summed E-state index contributed by atoms with van der Waals surface area (Å²) < 4.78 is 5.40. The van der Waals surface area contributed by atoms with Crippen LogP contribution in [0.4, 0.5) is 0 Å². The number of benzene rings is 1. The molecule has 1 saturated heterocycles. The molecule has 34 heavy (non-hydrogen) atoms. The monoisotopic (exact) mass is 484 g/mol. The van der Waals surface area contributed by atoms with Crippen LogP contribution in [0.15, 0.2) is 29.2 Å². The molecule has 5 aliphatic rings. The average molecular weight is 485 g/mol. The fourth-order valence-corrected chi connectivity index (χ4v) is 8.25. The lowest BCUT2D eigenvalue weighted by molar-refractivity contribution is -0.129. The fraction of sp³-hybridized carbons (Fsp3) is 0.667. The summed E-state index contributed by atoms with van der Waals surface area (Å²) in [6.07, 6.45) is 9.91. The van der Waals surface area contributed by atoms with Crippen molar-refractivity contribution in [2.75, 3.05) is 25.4 Å². The minimum Gasteiger partial charge on any atom is -0.452 e. The first-order chi connectivity index (χ1) is 16.4. The van der Waals surface area contributed by atoms with E-state index in [2.05, 4.69) is 12.2 Å². The number of carbonyl (C=O) groups is 3. The number of nitrogens with zero attached hydrogens (tertiary/aromatic N) is 1. The molecule has 1 aromatic rings. The van der Waals surface area contributed by atoms with Crippen molar-refractivity contribution in [3.8, 4) is 0 Å². The molecule has 1 aromatic carbocycles. The van der Waals surface area contributed by atoms with Crippen LogP contribution >= 0.6 is 11.8 Å². The molecule has 5 fully saturated rings. The normalized spacial score (nSPS) is 30.3. The van der Waals surface area contributed by atoms with Gasteiger partial charge in [-0.05, 0) is 93.6 Å². The average Bonchev–Trinajstić information content (AvgIpc) is 3.35. The molecule has 2 amide bonds. The number of esters is 1. The van der Waals surface area contributed by atoms with Crippen molar-refractivity contribution in [3.05, 3.63) is 29.8 Å². The van der Waals surface area contributed by atoms with Crippen molar-refractivity contribution in [2.45, 2.75) is 69.2 Å². The van der Waals surface area contributed by atoms with Crippen LogP contribution in [-0.4, -0.2) is 54.2 Å². The van der Waals surface area contributed by atoms with E-state index in [9.17, 15) is 14.4 Å². The van der Waals surface area contributed by atoms with Crippen molar-refractivity contribution in [2.24, 2.45) is 23.2 Å². The van der Waals surface area contributed by atoms with Crippen LogP contribution in [0, 0.1) is 23.2 Å². The van der Waals surface area contributed by atoms with Crippen molar-refractivity contribution < 1.29 is 19.1 Å². The Morgan fingerprint density at radius 3 is 2.32 bits per heavy atom. The second-order valence-electron chi connectivity index (χ2n) is 11.0. The molecule has 0 radical (unpaired) electrons. The predicted octanol–water partition coefficient (Wildman–Crippen LogP) is 4.28. The Hall–Kier alpha value is -2.02. The van der Waals surface area contributed by atoms with E-state index >= 15 is 0 Å². The number of nitrogens with one attached hydrogen (secondary N) is 1. The van der Waals surface area contributed by atoms with Crippen LogP contribution in [0.5, 0.6) is 0 Å². The second-order valence-corrected chi connectivity index (χ2v) is 12.0. The first kappa shape index (κ1) is 23.7. The van der Waals surface area contributed by atoms with Crippen LogP contribution in [0.1, 0.15) is 68.6 Å². The summed E-state index contributed by atoms with van der Waals surface area (Å²) >= 11 is 1.35. The Balaban J connectivity index is 1.13. The van der Waals surface area contributed by atoms with Crippen LogP contribution in [0.25, 0.3) is 0 Å². The third-order valence-electron chi connectivity index (χ3n) is 8.63. The molecular formula is C27H36N2O4S. The number of hydrogen-bond acceptors (Lipinski definition) is 5. The molecule has 1 atom stereocenters. The third kappa shape index (κ3) is 5.00. The van der Waals surface area contributed by atoms with Gasteiger partial charge in [-0.1, -0.05) is 12.1 Å². The van der Waals surface area contributed by atoms with E-state index in [1.165, 1.54) is 50.3 Å². The van der Waals surface area contributed by atoms with Crippen LogP contribution in [0.2, 0.25) is 0 Å². The maximum atomic E-state index is 12.8. The Morgan fingerprint density at radius 1 is 1.06 bits per heavy atom. The maximum absolute atomic E-state index is 12.8. The Morgan fingerprint density at radius 2 is 1.68 bits per heavy atom. The van der Waals surface area contributed by atoms with E-state index in [1.54, 1.807) is 12.1 Å². The molecule has 4 saturated carbocycles. The van der Waals surface area contributed by atoms with Gasteiger partial charge in [0, 0.05) is 24.0 Å². The SMILES string of the molecule is CC(NC(=O)COC(=O)c1ccccc1SCC(=O)N1CCCC1)C12CC3CC(CC(C3)C1)C2. The van der Waals surface area contributed by atoms with E-state index in [-0.39, 0.29) is 29.9 Å². The van der Waals surface area contributed by atoms with Gasteiger partial charge in [0.1, 0.15) is 0 Å². The number of thioether (sulfide) groups is 1. The largest absolute Gasteiger partial charge is 0.452 e. The minimum atomic E-state index is -0.519. The van der Waals surface area contributed by atoms with Crippen molar-refractivity contribution in [1.82, 2.24) is 10.2 Å². The Kier molecular flexibility index (Phi) is 6.92. The number of likely N-dealkylation sites (tertiary alicyclic amines) is 1. The molecule has 0 aromatic heterocycles. The zero-order valence-corrected chi connectivity index (χ0v) is 20.9. The van der Waals surface area contributed by atoms with Gasteiger partial charge >= 0.3 is 5.97 Å². The highest BCUT2D eigenvalue weighted by molar-refractivity contribution is 8.00. The maximum Gasteiger partial charge on any atom is 0.339 e. The summed E-state index contributed by atoms with van der Waals surface area (Å²) in [6, 6.07) is 7.25. The van der Waals surface area contributed by atoms with Gasteiger partial charge in [-0.2, -0.15) is 0 Å². The van der Waals surface area contributed by atoms with Crippen molar-refractivity contribution >= 4 is 29.5 Å². The van der Waals surface area contributed by atoms with Crippen LogP contribution < -0.4 is 5.32 Å². The molecule has 7 heteroatoms. The smallest absolute Gasteiger partial charge is 0.339 e. The molecule has 184 valence electrons. The van der Waals surface area contributed by atoms with Gasteiger partial charge in [0.2, 0.25) is 5.91 Å². The lowest BCUT2D eigenvalue weighted by Crippen LogP contribution is -2.56.